The maximum atomic E-state index is 12.3. The summed E-state index contributed by atoms with van der Waals surface area (Å²) in [5.74, 6) is -0.379. The molecule has 1 saturated heterocycles. The fourth-order valence-corrected chi connectivity index (χ4v) is 3.23. The molecule has 0 aromatic carbocycles. The number of rotatable bonds is 5. The van der Waals surface area contributed by atoms with E-state index in [1.54, 1.807) is 20.8 Å². The zero-order valence-corrected chi connectivity index (χ0v) is 14.6. The van der Waals surface area contributed by atoms with Gasteiger partial charge in [-0.05, 0) is 51.9 Å². The van der Waals surface area contributed by atoms with Crippen LogP contribution in [0.5, 0.6) is 0 Å². The van der Waals surface area contributed by atoms with Gasteiger partial charge in [0.25, 0.3) is 0 Å². The molecule has 0 aromatic heterocycles. The van der Waals surface area contributed by atoms with Crippen molar-refractivity contribution >= 4 is 12.1 Å². The van der Waals surface area contributed by atoms with Crippen LogP contribution in [0.2, 0.25) is 0 Å². The summed E-state index contributed by atoms with van der Waals surface area (Å²) < 4.78 is 5.39. The highest BCUT2D eigenvalue weighted by Crippen LogP contribution is 2.32. The van der Waals surface area contributed by atoms with Crippen LogP contribution in [0.25, 0.3) is 0 Å². The molecule has 1 rings (SSSR count). The van der Waals surface area contributed by atoms with Gasteiger partial charge >= 0.3 is 12.1 Å². The van der Waals surface area contributed by atoms with Crippen LogP contribution >= 0.6 is 0 Å². The summed E-state index contributed by atoms with van der Waals surface area (Å²) in [6.45, 7) is 10.1. The highest BCUT2D eigenvalue weighted by Gasteiger charge is 2.41. The Hall–Kier alpha value is -1.26. The van der Waals surface area contributed by atoms with Gasteiger partial charge in [0.05, 0.1) is 0 Å². The lowest BCUT2D eigenvalue weighted by Gasteiger charge is -2.40. The van der Waals surface area contributed by atoms with Gasteiger partial charge < -0.3 is 9.84 Å². The number of hydrogen-bond acceptors (Lipinski definition) is 3. The molecule has 1 fully saturated rings. The van der Waals surface area contributed by atoms with Crippen LogP contribution in [0.15, 0.2) is 0 Å². The third-order valence-electron chi connectivity index (χ3n) is 4.43. The molecule has 0 radical (unpaired) electrons. The molecule has 128 valence electrons. The minimum Gasteiger partial charge on any atom is -0.480 e. The molecule has 5 nitrogen and oxygen atoms in total. The molecule has 0 aromatic rings. The molecule has 1 amide bonds. The Morgan fingerprint density at radius 2 is 1.86 bits per heavy atom. The van der Waals surface area contributed by atoms with Crippen molar-refractivity contribution in [3.8, 4) is 0 Å². The Kier molecular flexibility index (Phi) is 6.69. The normalized spacial score (nSPS) is 22.7. The van der Waals surface area contributed by atoms with E-state index in [-0.39, 0.29) is 5.92 Å². The molecular formula is C17H31NO4. The zero-order chi connectivity index (χ0) is 16.9. The summed E-state index contributed by atoms with van der Waals surface area (Å²) in [6, 6.07) is -0.760. The molecule has 0 spiro atoms. The third kappa shape index (κ3) is 5.18. The number of ether oxygens (including phenoxy) is 1. The quantitative estimate of drug-likeness (QED) is 0.835. The molecule has 22 heavy (non-hydrogen) atoms. The lowest BCUT2D eigenvalue weighted by molar-refractivity contribution is -0.147. The minimum atomic E-state index is -0.915. The number of piperidine rings is 1. The lowest BCUT2D eigenvalue weighted by Crippen LogP contribution is -2.54. The van der Waals surface area contributed by atoms with E-state index in [0.29, 0.717) is 12.5 Å². The van der Waals surface area contributed by atoms with E-state index < -0.39 is 23.7 Å². The molecule has 0 aliphatic carbocycles. The van der Waals surface area contributed by atoms with Gasteiger partial charge in [-0.2, -0.15) is 0 Å². The molecule has 1 N–H and O–H groups in total. The molecule has 5 heteroatoms. The molecule has 0 bridgehead atoms. The van der Waals surface area contributed by atoms with Crippen LogP contribution in [0, 0.1) is 11.8 Å². The van der Waals surface area contributed by atoms with Crippen molar-refractivity contribution in [2.75, 3.05) is 6.54 Å². The summed E-state index contributed by atoms with van der Waals surface area (Å²) in [7, 11) is 0. The summed E-state index contributed by atoms with van der Waals surface area (Å²) in [5.41, 5.74) is -0.609. The maximum absolute atomic E-state index is 12.3. The third-order valence-corrected chi connectivity index (χ3v) is 4.43. The summed E-state index contributed by atoms with van der Waals surface area (Å²) >= 11 is 0. The number of hydrogen-bond donors (Lipinski definition) is 1. The van der Waals surface area contributed by atoms with Crippen molar-refractivity contribution in [1.29, 1.82) is 0 Å². The predicted octanol–water partition coefficient (Wildman–Crippen LogP) is 3.91. The van der Waals surface area contributed by atoms with Crippen LogP contribution in [-0.4, -0.2) is 40.3 Å². The van der Waals surface area contributed by atoms with Gasteiger partial charge in [-0.3, -0.25) is 4.90 Å². The van der Waals surface area contributed by atoms with E-state index in [4.69, 9.17) is 4.74 Å². The van der Waals surface area contributed by atoms with Crippen LogP contribution in [-0.2, 0) is 9.53 Å². The second kappa shape index (κ2) is 7.84. The predicted molar refractivity (Wildman–Crippen MR) is 85.8 cm³/mol. The largest absolute Gasteiger partial charge is 0.480 e. The maximum Gasteiger partial charge on any atom is 0.411 e. The highest BCUT2D eigenvalue weighted by molar-refractivity contribution is 5.80. The fraction of sp³-hybridized carbons (Fsp3) is 0.882. The van der Waals surface area contributed by atoms with Gasteiger partial charge in [-0.1, -0.05) is 26.7 Å². The smallest absolute Gasteiger partial charge is 0.411 e. The number of carbonyl (C=O) groups excluding carboxylic acids is 1. The number of carboxylic acid groups (broad SMARTS) is 1. The van der Waals surface area contributed by atoms with Crippen molar-refractivity contribution in [1.82, 2.24) is 4.90 Å². The number of likely N-dealkylation sites (tertiary alicyclic amines) is 1. The Morgan fingerprint density at radius 3 is 2.32 bits per heavy atom. The summed E-state index contributed by atoms with van der Waals surface area (Å²) in [5, 5.41) is 9.64. The molecule has 2 atom stereocenters. The molecule has 1 heterocycles. The van der Waals surface area contributed by atoms with E-state index >= 15 is 0 Å². The summed E-state index contributed by atoms with van der Waals surface area (Å²) in [6.07, 6.45) is 4.16. The van der Waals surface area contributed by atoms with Gasteiger partial charge in [0.15, 0.2) is 0 Å². The first-order valence-corrected chi connectivity index (χ1v) is 8.42. The summed E-state index contributed by atoms with van der Waals surface area (Å²) in [4.78, 5) is 25.5. The SMILES string of the molecule is CCC(CC)C[C@@H]1CCCN(C(=O)OC(C)(C)C)[C@@H]1C(=O)O. The molecule has 1 aliphatic heterocycles. The number of aliphatic carboxylic acids is 1. The van der Waals surface area contributed by atoms with Crippen molar-refractivity contribution < 1.29 is 19.4 Å². The Balaban J connectivity index is 2.88. The average Bonchev–Trinajstić information content (AvgIpc) is 2.42. The lowest BCUT2D eigenvalue weighted by atomic mass is 9.80. The van der Waals surface area contributed by atoms with Crippen molar-refractivity contribution in [2.45, 2.75) is 78.4 Å². The second-order valence-corrected chi connectivity index (χ2v) is 7.28. The topological polar surface area (TPSA) is 66.8 Å². The van der Waals surface area contributed by atoms with Gasteiger partial charge in [0.2, 0.25) is 0 Å². The molecule has 0 saturated carbocycles. The van der Waals surface area contributed by atoms with Crippen LogP contribution in [0.3, 0.4) is 0 Å². The Labute approximate surface area is 134 Å². The van der Waals surface area contributed by atoms with E-state index in [0.717, 1.165) is 32.1 Å². The average molecular weight is 313 g/mol. The first-order chi connectivity index (χ1) is 10.2. The second-order valence-electron chi connectivity index (χ2n) is 7.28. The molecule has 1 aliphatic rings. The van der Waals surface area contributed by atoms with Crippen LogP contribution in [0.1, 0.15) is 66.7 Å². The Bertz CT molecular complexity index is 385. The molecular weight excluding hydrogens is 282 g/mol. The van der Waals surface area contributed by atoms with Gasteiger partial charge in [0, 0.05) is 6.54 Å². The molecule has 0 unspecified atom stereocenters. The van der Waals surface area contributed by atoms with E-state index in [1.165, 1.54) is 4.90 Å². The number of carboxylic acids is 1. The standard InChI is InChI=1S/C17H31NO4/c1-6-12(7-2)11-13-9-8-10-18(14(13)15(19)20)16(21)22-17(3,4)5/h12-14H,6-11H2,1-5H3,(H,19,20)/t13-,14-/m0/s1. The van der Waals surface area contributed by atoms with Crippen molar-refractivity contribution in [3.63, 3.8) is 0 Å². The Morgan fingerprint density at radius 1 is 1.27 bits per heavy atom. The first kappa shape index (κ1) is 18.8. The first-order valence-electron chi connectivity index (χ1n) is 8.42. The van der Waals surface area contributed by atoms with Crippen LogP contribution in [0.4, 0.5) is 4.79 Å². The van der Waals surface area contributed by atoms with Crippen molar-refractivity contribution in [3.05, 3.63) is 0 Å². The minimum absolute atomic E-state index is 0.0173. The zero-order valence-electron chi connectivity index (χ0n) is 14.6. The van der Waals surface area contributed by atoms with E-state index in [2.05, 4.69) is 13.8 Å². The number of amides is 1. The number of nitrogens with zero attached hydrogens (tertiary/aromatic N) is 1. The van der Waals surface area contributed by atoms with E-state index in [9.17, 15) is 14.7 Å². The van der Waals surface area contributed by atoms with Crippen molar-refractivity contribution in [2.24, 2.45) is 11.8 Å². The fourth-order valence-electron chi connectivity index (χ4n) is 3.23. The number of carbonyl (C=O) groups is 2. The van der Waals surface area contributed by atoms with Crippen LogP contribution < -0.4 is 0 Å². The van der Waals surface area contributed by atoms with Gasteiger partial charge in [0.1, 0.15) is 11.6 Å². The monoisotopic (exact) mass is 313 g/mol. The highest BCUT2D eigenvalue weighted by atomic mass is 16.6. The van der Waals surface area contributed by atoms with Gasteiger partial charge in [-0.15, -0.1) is 0 Å². The van der Waals surface area contributed by atoms with E-state index in [1.807, 2.05) is 0 Å². The van der Waals surface area contributed by atoms with Gasteiger partial charge in [-0.25, -0.2) is 9.59 Å².